The van der Waals surface area contributed by atoms with Crippen molar-refractivity contribution < 1.29 is 4.39 Å². The van der Waals surface area contributed by atoms with Gasteiger partial charge in [0.05, 0.1) is 11.6 Å². The lowest BCUT2D eigenvalue weighted by atomic mass is 9.86. The topological polar surface area (TPSA) is 27.0 Å². The summed E-state index contributed by atoms with van der Waals surface area (Å²) in [6.45, 7) is 2.95. The van der Waals surface area contributed by atoms with Gasteiger partial charge in [0, 0.05) is 12.6 Å². The van der Waals surface area contributed by atoms with Gasteiger partial charge in [-0.2, -0.15) is 5.26 Å². The second kappa shape index (κ2) is 6.16. The van der Waals surface area contributed by atoms with Crippen LogP contribution in [-0.4, -0.2) is 18.0 Å². The third-order valence-corrected chi connectivity index (χ3v) is 4.22. The normalized spacial score (nSPS) is 23.3. The van der Waals surface area contributed by atoms with Gasteiger partial charge in [-0.05, 0) is 62.4 Å². The van der Waals surface area contributed by atoms with Crippen LogP contribution in [0.1, 0.15) is 43.7 Å². The molecule has 0 radical (unpaired) electrons. The van der Waals surface area contributed by atoms with Gasteiger partial charge in [-0.15, -0.1) is 0 Å². The number of hydrogen-bond donors (Lipinski definition) is 0. The molecule has 0 aromatic heterocycles. The number of rotatable bonds is 3. The van der Waals surface area contributed by atoms with E-state index in [0.29, 0.717) is 18.2 Å². The van der Waals surface area contributed by atoms with Crippen LogP contribution < -0.4 is 0 Å². The molecule has 1 saturated carbocycles. The molecular formula is C16H21FN2. The summed E-state index contributed by atoms with van der Waals surface area (Å²) >= 11 is 0. The highest BCUT2D eigenvalue weighted by Gasteiger charge is 2.22. The molecule has 2 nitrogen and oxygen atoms in total. The zero-order chi connectivity index (χ0) is 13.8. The van der Waals surface area contributed by atoms with Crippen molar-refractivity contribution in [1.29, 1.82) is 5.26 Å². The molecule has 1 aliphatic carbocycles. The van der Waals surface area contributed by atoms with Crippen molar-refractivity contribution in [3.05, 3.63) is 35.1 Å². The van der Waals surface area contributed by atoms with Crippen LogP contribution in [0.15, 0.2) is 18.2 Å². The highest BCUT2D eigenvalue weighted by molar-refractivity contribution is 5.37. The molecule has 0 aliphatic heterocycles. The SMILES string of the molecule is CC1CCC(N(C)Cc2cc(F)ccc2C#N)CC1. The van der Waals surface area contributed by atoms with Crippen molar-refractivity contribution in [1.82, 2.24) is 4.90 Å². The van der Waals surface area contributed by atoms with E-state index in [1.165, 1.54) is 37.8 Å². The molecule has 102 valence electrons. The van der Waals surface area contributed by atoms with Gasteiger partial charge >= 0.3 is 0 Å². The highest BCUT2D eigenvalue weighted by atomic mass is 19.1. The van der Waals surface area contributed by atoms with E-state index in [0.717, 1.165) is 11.5 Å². The van der Waals surface area contributed by atoms with E-state index in [4.69, 9.17) is 5.26 Å². The number of nitriles is 1. The maximum atomic E-state index is 13.3. The summed E-state index contributed by atoms with van der Waals surface area (Å²) < 4.78 is 13.3. The molecule has 0 bridgehead atoms. The standard InChI is InChI=1S/C16H21FN2/c1-12-3-7-16(8-4-12)19(2)11-14-9-15(17)6-5-13(14)10-18/h5-6,9,12,16H,3-4,7-8,11H2,1-2H3. The molecule has 0 heterocycles. The predicted molar refractivity (Wildman–Crippen MR) is 74.0 cm³/mol. The average Bonchev–Trinajstić information content (AvgIpc) is 2.39. The molecule has 1 aromatic carbocycles. The van der Waals surface area contributed by atoms with Gasteiger partial charge in [0.15, 0.2) is 0 Å². The second-order valence-corrected chi connectivity index (χ2v) is 5.74. The maximum absolute atomic E-state index is 13.3. The van der Waals surface area contributed by atoms with Crippen molar-refractivity contribution in [2.24, 2.45) is 5.92 Å². The molecule has 0 saturated heterocycles. The number of benzene rings is 1. The van der Waals surface area contributed by atoms with Crippen molar-refractivity contribution in [2.45, 2.75) is 45.2 Å². The van der Waals surface area contributed by atoms with Crippen LogP contribution in [0.5, 0.6) is 0 Å². The Morgan fingerprint density at radius 3 is 2.63 bits per heavy atom. The second-order valence-electron chi connectivity index (χ2n) is 5.74. The molecule has 1 aliphatic rings. The summed E-state index contributed by atoms with van der Waals surface area (Å²) in [5, 5.41) is 9.08. The molecule has 0 atom stereocenters. The summed E-state index contributed by atoms with van der Waals surface area (Å²) in [5.74, 6) is 0.563. The maximum Gasteiger partial charge on any atom is 0.123 e. The quantitative estimate of drug-likeness (QED) is 0.828. The molecule has 1 aromatic rings. The molecule has 0 spiro atoms. The zero-order valence-electron chi connectivity index (χ0n) is 11.7. The molecular weight excluding hydrogens is 239 g/mol. The molecule has 2 rings (SSSR count). The summed E-state index contributed by atoms with van der Waals surface area (Å²) in [6, 6.07) is 7.11. The van der Waals surface area contributed by atoms with Gasteiger partial charge < -0.3 is 0 Å². The lowest BCUT2D eigenvalue weighted by Gasteiger charge is -2.33. The van der Waals surface area contributed by atoms with Crippen LogP contribution >= 0.6 is 0 Å². The Morgan fingerprint density at radius 2 is 2.00 bits per heavy atom. The predicted octanol–water partition coefficient (Wildman–Crippen LogP) is 3.71. The van der Waals surface area contributed by atoms with Crippen LogP contribution in [-0.2, 0) is 6.54 Å². The number of halogens is 1. The Labute approximate surface area is 114 Å². The Bertz CT molecular complexity index is 470. The van der Waals surface area contributed by atoms with Gasteiger partial charge in [-0.1, -0.05) is 6.92 Å². The highest BCUT2D eigenvalue weighted by Crippen LogP contribution is 2.27. The first-order valence-corrected chi connectivity index (χ1v) is 6.99. The lowest BCUT2D eigenvalue weighted by molar-refractivity contribution is 0.163. The largest absolute Gasteiger partial charge is 0.299 e. The third-order valence-electron chi connectivity index (χ3n) is 4.22. The Kier molecular flexibility index (Phi) is 4.55. The van der Waals surface area contributed by atoms with Crippen LogP contribution in [0.25, 0.3) is 0 Å². The smallest absolute Gasteiger partial charge is 0.123 e. The fourth-order valence-electron chi connectivity index (χ4n) is 2.88. The zero-order valence-corrected chi connectivity index (χ0v) is 11.7. The van der Waals surface area contributed by atoms with Gasteiger partial charge in [0.2, 0.25) is 0 Å². The molecule has 0 N–H and O–H groups in total. The molecule has 19 heavy (non-hydrogen) atoms. The van der Waals surface area contributed by atoms with Crippen LogP contribution in [0, 0.1) is 23.1 Å². The lowest BCUT2D eigenvalue weighted by Crippen LogP contribution is -2.34. The summed E-state index contributed by atoms with van der Waals surface area (Å²) in [7, 11) is 2.08. The minimum Gasteiger partial charge on any atom is -0.299 e. The van der Waals surface area contributed by atoms with Gasteiger partial charge in [-0.3, -0.25) is 4.90 Å². The van der Waals surface area contributed by atoms with Gasteiger partial charge in [0.25, 0.3) is 0 Å². The Morgan fingerprint density at radius 1 is 1.32 bits per heavy atom. The summed E-state index contributed by atoms with van der Waals surface area (Å²) in [6.07, 6.45) is 4.94. The molecule has 3 heteroatoms. The van der Waals surface area contributed by atoms with E-state index in [1.54, 1.807) is 6.07 Å². The fourth-order valence-corrected chi connectivity index (χ4v) is 2.88. The number of hydrogen-bond acceptors (Lipinski definition) is 2. The van der Waals surface area contributed by atoms with E-state index in [2.05, 4.69) is 24.9 Å². The molecule has 0 unspecified atom stereocenters. The first kappa shape index (κ1) is 14.0. The van der Waals surface area contributed by atoms with Crippen LogP contribution in [0.2, 0.25) is 0 Å². The van der Waals surface area contributed by atoms with Crippen molar-refractivity contribution in [3.8, 4) is 6.07 Å². The van der Waals surface area contributed by atoms with Gasteiger partial charge in [-0.25, -0.2) is 4.39 Å². The van der Waals surface area contributed by atoms with Crippen LogP contribution in [0.3, 0.4) is 0 Å². The monoisotopic (exact) mass is 260 g/mol. The van der Waals surface area contributed by atoms with Crippen molar-refractivity contribution >= 4 is 0 Å². The van der Waals surface area contributed by atoms with Crippen LogP contribution in [0.4, 0.5) is 4.39 Å². The van der Waals surface area contributed by atoms with Crippen molar-refractivity contribution in [3.63, 3.8) is 0 Å². The summed E-state index contributed by atoms with van der Waals surface area (Å²) in [5.41, 5.74) is 1.38. The van der Waals surface area contributed by atoms with E-state index in [-0.39, 0.29) is 5.82 Å². The first-order chi connectivity index (χ1) is 9.10. The first-order valence-electron chi connectivity index (χ1n) is 6.99. The third kappa shape index (κ3) is 3.54. The Hall–Kier alpha value is -1.40. The summed E-state index contributed by atoms with van der Waals surface area (Å²) in [4.78, 5) is 2.27. The van der Waals surface area contributed by atoms with E-state index in [1.807, 2.05) is 0 Å². The number of nitrogens with zero attached hydrogens (tertiary/aromatic N) is 2. The minimum atomic E-state index is -0.264. The minimum absolute atomic E-state index is 0.264. The molecule has 1 fully saturated rings. The van der Waals surface area contributed by atoms with E-state index >= 15 is 0 Å². The van der Waals surface area contributed by atoms with Crippen molar-refractivity contribution in [2.75, 3.05) is 7.05 Å². The average molecular weight is 260 g/mol. The van der Waals surface area contributed by atoms with E-state index in [9.17, 15) is 4.39 Å². The molecule has 0 amide bonds. The van der Waals surface area contributed by atoms with Gasteiger partial charge in [0.1, 0.15) is 5.82 Å². The van der Waals surface area contributed by atoms with E-state index < -0.39 is 0 Å². The fraction of sp³-hybridized carbons (Fsp3) is 0.562. The Balaban J connectivity index is 2.04.